The van der Waals surface area contributed by atoms with E-state index in [-0.39, 0.29) is 22.9 Å². The third-order valence-corrected chi connectivity index (χ3v) is 3.24. The van der Waals surface area contributed by atoms with E-state index in [2.05, 4.69) is 10.5 Å². The van der Waals surface area contributed by atoms with Gasteiger partial charge in [-0.15, -0.1) is 0 Å². The molecule has 0 unspecified atom stereocenters. The molecule has 0 fully saturated rings. The molecule has 0 bridgehead atoms. The third kappa shape index (κ3) is 4.55. The minimum absolute atomic E-state index is 0.131. The average Bonchev–Trinajstić information content (AvgIpc) is 2.45. The molecule has 2 aromatic rings. The fourth-order valence-electron chi connectivity index (χ4n) is 1.63. The lowest BCUT2D eigenvalue weighted by Gasteiger charge is -2.02. The fraction of sp³-hybridized carbons (Fsp3) is 0.0667. The van der Waals surface area contributed by atoms with Crippen LogP contribution in [-0.2, 0) is 11.2 Å². The number of hydrogen-bond donors (Lipinski definition) is 1. The van der Waals surface area contributed by atoms with Gasteiger partial charge in [-0.2, -0.15) is 5.10 Å². The molecule has 2 rings (SSSR count). The van der Waals surface area contributed by atoms with E-state index in [0.717, 1.165) is 5.56 Å². The quantitative estimate of drug-likeness (QED) is 0.674. The first-order valence-corrected chi connectivity index (χ1v) is 6.82. The number of amides is 1. The Morgan fingerprint density at radius 3 is 2.57 bits per heavy atom. The van der Waals surface area contributed by atoms with Crippen molar-refractivity contribution in [2.75, 3.05) is 0 Å². The summed E-state index contributed by atoms with van der Waals surface area (Å²) in [5.41, 5.74) is 3.25. The van der Waals surface area contributed by atoms with Crippen molar-refractivity contribution >= 4 is 35.3 Å². The molecule has 1 N–H and O–H groups in total. The molecule has 21 heavy (non-hydrogen) atoms. The highest BCUT2D eigenvalue weighted by Crippen LogP contribution is 2.16. The lowest BCUT2D eigenvalue weighted by Crippen LogP contribution is -2.19. The summed E-state index contributed by atoms with van der Waals surface area (Å²) >= 11 is 11.6. The van der Waals surface area contributed by atoms with E-state index in [0.29, 0.717) is 5.02 Å². The Labute approximate surface area is 131 Å². The maximum Gasteiger partial charge on any atom is 0.244 e. The van der Waals surface area contributed by atoms with Gasteiger partial charge in [0.2, 0.25) is 5.91 Å². The van der Waals surface area contributed by atoms with Crippen molar-refractivity contribution in [1.82, 2.24) is 5.43 Å². The topological polar surface area (TPSA) is 41.5 Å². The second-order valence-electron chi connectivity index (χ2n) is 4.23. The molecule has 6 heteroatoms. The molecule has 108 valence electrons. The van der Waals surface area contributed by atoms with E-state index < -0.39 is 5.82 Å². The number of benzene rings is 2. The van der Waals surface area contributed by atoms with Crippen LogP contribution in [0.25, 0.3) is 0 Å². The molecule has 0 atom stereocenters. The normalized spacial score (nSPS) is 10.8. The Balaban J connectivity index is 1.95. The van der Waals surface area contributed by atoms with Gasteiger partial charge in [0.25, 0.3) is 0 Å². The molecule has 0 aliphatic rings. The Morgan fingerprint density at radius 1 is 1.19 bits per heavy atom. The number of nitrogens with one attached hydrogen (secondary N) is 1. The summed E-state index contributed by atoms with van der Waals surface area (Å²) < 4.78 is 13.5. The van der Waals surface area contributed by atoms with E-state index in [9.17, 15) is 9.18 Å². The smallest absolute Gasteiger partial charge is 0.244 e. The Hall–Kier alpha value is -1.91. The summed E-state index contributed by atoms with van der Waals surface area (Å²) in [6, 6.07) is 11.2. The third-order valence-electron chi connectivity index (χ3n) is 2.66. The molecular weight excluding hydrogens is 314 g/mol. The first-order chi connectivity index (χ1) is 10.1. The summed E-state index contributed by atoms with van der Waals surface area (Å²) in [4.78, 5) is 11.7. The van der Waals surface area contributed by atoms with Crippen molar-refractivity contribution < 1.29 is 9.18 Å². The lowest BCUT2D eigenvalue weighted by atomic mass is 10.1. The molecule has 0 radical (unpaired) electrons. The fourth-order valence-corrected chi connectivity index (χ4v) is 1.97. The second-order valence-corrected chi connectivity index (χ2v) is 5.08. The van der Waals surface area contributed by atoms with Crippen LogP contribution >= 0.6 is 23.2 Å². The number of rotatable bonds is 4. The molecule has 1 amide bonds. The van der Waals surface area contributed by atoms with Crippen molar-refractivity contribution in [2.24, 2.45) is 5.10 Å². The molecule has 0 spiro atoms. The first-order valence-electron chi connectivity index (χ1n) is 6.06. The predicted molar refractivity (Wildman–Crippen MR) is 82.3 cm³/mol. The minimum Gasteiger partial charge on any atom is -0.273 e. The highest BCUT2D eigenvalue weighted by molar-refractivity contribution is 6.33. The molecule has 0 heterocycles. The van der Waals surface area contributed by atoms with E-state index in [1.165, 1.54) is 18.3 Å². The predicted octanol–water partition coefficient (Wildman–Crippen LogP) is 3.83. The number of carbonyl (C=O) groups is 1. The number of carbonyl (C=O) groups excluding carboxylic acids is 1. The molecule has 0 saturated heterocycles. The molecule has 0 aliphatic heterocycles. The number of nitrogens with zero attached hydrogens (tertiary/aromatic N) is 1. The van der Waals surface area contributed by atoms with E-state index in [1.54, 1.807) is 30.3 Å². The van der Waals surface area contributed by atoms with Gasteiger partial charge in [0.15, 0.2) is 0 Å². The van der Waals surface area contributed by atoms with Crippen molar-refractivity contribution in [3.05, 3.63) is 69.5 Å². The van der Waals surface area contributed by atoms with E-state index >= 15 is 0 Å². The number of hydrogen-bond acceptors (Lipinski definition) is 2. The molecule has 0 saturated carbocycles. The number of halogens is 3. The van der Waals surface area contributed by atoms with E-state index in [4.69, 9.17) is 23.2 Å². The van der Waals surface area contributed by atoms with E-state index in [1.807, 2.05) is 0 Å². The van der Waals surface area contributed by atoms with Crippen LogP contribution in [0.3, 0.4) is 0 Å². The van der Waals surface area contributed by atoms with Gasteiger partial charge in [-0.05, 0) is 29.8 Å². The second kappa shape index (κ2) is 7.20. The maximum absolute atomic E-state index is 13.5. The van der Waals surface area contributed by atoms with Gasteiger partial charge in [-0.1, -0.05) is 41.4 Å². The SMILES string of the molecule is O=C(Cc1ccc(Cl)cc1)NN=Cc1c(F)cccc1Cl. The summed E-state index contributed by atoms with van der Waals surface area (Å²) in [6.45, 7) is 0. The highest BCUT2D eigenvalue weighted by Gasteiger charge is 2.05. The summed E-state index contributed by atoms with van der Waals surface area (Å²) in [6.07, 6.45) is 1.33. The van der Waals surface area contributed by atoms with Gasteiger partial charge in [-0.3, -0.25) is 4.79 Å². The van der Waals surface area contributed by atoms with Gasteiger partial charge >= 0.3 is 0 Å². The molecule has 0 aliphatic carbocycles. The van der Waals surface area contributed by atoms with Gasteiger partial charge in [-0.25, -0.2) is 9.82 Å². The molecule has 0 aromatic heterocycles. The zero-order valence-electron chi connectivity index (χ0n) is 10.8. The van der Waals surface area contributed by atoms with Gasteiger partial charge in [0, 0.05) is 10.6 Å². The van der Waals surface area contributed by atoms with Crippen LogP contribution in [0.2, 0.25) is 10.0 Å². The van der Waals surface area contributed by atoms with Gasteiger partial charge in [0.05, 0.1) is 17.7 Å². The number of hydrazone groups is 1. The molecule has 2 aromatic carbocycles. The van der Waals surface area contributed by atoms with Crippen molar-refractivity contribution in [2.45, 2.75) is 6.42 Å². The van der Waals surface area contributed by atoms with Gasteiger partial charge in [0.1, 0.15) is 5.82 Å². The molecule has 3 nitrogen and oxygen atoms in total. The minimum atomic E-state index is -0.502. The van der Waals surface area contributed by atoms with Crippen LogP contribution in [0.15, 0.2) is 47.6 Å². The Bertz CT molecular complexity index is 652. The summed E-state index contributed by atoms with van der Waals surface area (Å²) in [7, 11) is 0. The van der Waals surface area contributed by atoms with Crippen molar-refractivity contribution in [1.29, 1.82) is 0 Å². The Morgan fingerprint density at radius 2 is 1.90 bits per heavy atom. The van der Waals surface area contributed by atoms with Crippen LogP contribution < -0.4 is 5.43 Å². The summed E-state index contributed by atoms with van der Waals surface area (Å²) in [5.74, 6) is -0.820. The standard InChI is InChI=1S/C15H11Cl2FN2O/c16-11-6-4-10(5-7-11)8-15(21)20-19-9-12-13(17)2-1-3-14(12)18/h1-7,9H,8H2,(H,20,21). The van der Waals surface area contributed by atoms with Crippen LogP contribution in [0.4, 0.5) is 4.39 Å². The zero-order valence-corrected chi connectivity index (χ0v) is 12.3. The zero-order chi connectivity index (χ0) is 15.2. The van der Waals surface area contributed by atoms with Crippen molar-refractivity contribution in [3.8, 4) is 0 Å². The highest BCUT2D eigenvalue weighted by atomic mass is 35.5. The first kappa shape index (κ1) is 15.5. The van der Waals surface area contributed by atoms with Crippen LogP contribution in [0.5, 0.6) is 0 Å². The van der Waals surface area contributed by atoms with Crippen molar-refractivity contribution in [3.63, 3.8) is 0 Å². The Kier molecular flexibility index (Phi) is 5.31. The maximum atomic E-state index is 13.5. The lowest BCUT2D eigenvalue weighted by molar-refractivity contribution is -0.120. The van der Waals surface area contributed by atoms with Crippen LogP contribution in [0, 0.1) is 5.82 Å². The largest absolute Gasteiger partial charge is 0.273 e. The molecular formula is C15H11Cl2FN2O. The van der Waals surface area contributed by atoms with Crippen LogP contribution in [-0.4, -0.2) is 12.1 Å². The van der Waals surface area contributed by atoms with Gasteiger partial charge < -0.3 is 0 Å². The monoisotopic (exact) mass is 324 g/mol. The summed E-state index contributed by atoms with van der Waals surface area (Å²) in [5, 5.41) is 4.53. The van der Waals surface area contributed by atoms with Crippen LogP contribution in [0.1, 0.15) is 11.1 Å². The average molecular weight is 325 g/mol.